The number of nitro benzene ring substituents is 1. The van der Waals surface area contributed by atoms with Gasteiger partial charge in [0, 0.05) is 24.7 Å². The second-order valence-corrected chi connectivity index (χ2v) is 8.36. The van der Waals surface area contributed by atoms with E-state index in [-0.39, 0.29) is 16.1 Å². The minimum atomic E-state index is -4.13. The van der Waals surface area contributed by atoms with E-state index >= 15 is 0 Å². The molecular weight excluding hydrogens is 412 g/mol. The lowest BCUT2D eigenvalue weighted by atomic mass is 10.1. The average Bonchev–Trinajstić information content (AvgIpc) is 2.74. The number of carbonyl (C=O) groups is 1. The number of nitrogens with zero attached hydrogens (tertiary/aromatic N) is 2. The summed E-state index contributed by atoms with van der Waals surface area (Å²) in [6.45, 7) is 2.30. The molecule has 2 aromatic rings. The largest absolute Gasteiger partial charge is 0.378 e. The summed E-state index contributed by atoms with van der Waals surface area (Å²) in [7, 11) is -4.13. The molecule has 1 aliphatic rings. The summed E-state index contributed by atoms with van der Waals surface area (Å²) in [5.41, 5.74) is 6.31. The van der Waals surface area contributed by atoms with Gasteiger partial charge < -0.3 is 15.4 Å². The summed E-state index contributed by atoms with van der Waals surface area (Å²) >= 11 is 0. The number of sulfonamides is 1. The normalized spacial score (nSPS) is 14.4. The van der Waals surface area contributed by atoms with E-state index in [2.05, 4.69) is 0 Å². The molecule has 1 saturated heterocycles. The third kappa shape index (κ3) is 4.93. The van der Waals surface area contributed by atoms with Crippen molar-refractivity contribution in [1.82, 2.24) is 4.72 Å². The van der Waals surface area contributed by atoms with Crippen LogP contribution >= 0.6 is 0 Å². The molecule has 160 valence electrons. The lowest BCUT2D eigenvalue weighted by Crippen LogP contribution is -2.36. The zero-order valence-corrected chi connectivity index (χ0v) is 16.9. The Labute approximate surface area is 173 Å². The second kappa shape index (κ2) is 9.20. The molecule has 3 rings (SSSR count). The van der Waals surface area contributed by atoms with Gasteiger partial charge in [0.1, 0.15) is 5.69 Å². The number of ether oxygens (including phenoxy) is 1. The van der Waals surface area contributed by atoms with Crippen molar-refractivity contribution < 1.29 is 22.9 Å². The molecule has 0 aliphatic carbocycles. The van der Waals surface area contributed by atoms with Crippen LogP contribution in [0.1, 0.15) is 15.9 Å². The van der Waals surface area contributed by atoms with Gasteiger partial charge in [-0.25, -0.2) is 13.1 Å². The van der Waals surface area contributed by atoms with Crippen LogP contribution in [0.4, 0.5) is 11.4 Å². The van der Waals surface area contributed by atoms with Crippen molar-refractivity contribution in [2.45, 2.75) is 11.3 Å². The van der Waals surface area contributed by atoms with Crippen LogP contribution in [0.15, 0.2) is 47.4 Å². The molecule has 1 aliphatic heterocycles. The molecule has 0 radical (unpaired) electrons. The number of hydrogen-bond donors (Lipinski definition) is 2. The summed E-state index contributed by atoms with van der Waals surface area (Å²) in [5, 5.41) is 11.5. The molecule has 0 spiro atoms. The van der Waals surface area contributed by atoms with Crippen molar-refractivity contribution in [2.75, 3.05) is 37.7 Å². The average molecular weight is 434 g/mol. The summed E-state index contributed by atoms with van der Waals surface area (Å²) in [6, 6.07) is 9.90. The first-order chi connectivity index (χ1) is 14.3. The maximum absolute atomic E-state index is 12.5. The molecule has 0 aromatic heterocycles. The maximum atomic E-state index is 12.5. The van der Waals surface area contributed by atoms with Gasteiger partial charge in [-0.3, -0.25) is 14.9 Å². The molecular formula is C19H22N4O6S. The van der Waals surface area contributed by atoms with E-state index in [0.717, 1.165) is 11.6 Å². The lowest BCUT2D eigenvalue weighted by molar-refractivity contribution is -0.384. The first kappa shape index (κ1) is 21.7. The molecule has 0 atom stereocenters. The van der Waals surface area contributed by atoms with Gasteiger partial charge in [-0.05, 0) is 42.8 Å². The van der Waals surface area contributed by atoms with Crippen LogP contribution in [0.3, 0.4) is 0 Å². The van der Waals surface area contributed by atoms with Gasteiger partial charge in [0.05, 0.1) is 23.0 Å². The zero-order chi connectivity index (χ0) is 21.7. The Morgan fingerprint density at radius 3 is 2.43 bits per heavy atom. The number of anilines is 1. The molecule has 30 heavy (non-hydrogen) atoms. The van der Waals surface area contributed by atoms with Crippen LogP contribution in [-0.2, 0) is 21.2 Å². The van der Waals surface area contributed by atoms with Crippen LogP contribution in [0.5, 0.6) is 0 Å². The highest BCUT2D eigenvalue weighted by atomic mass is 32.2. The van der Waals surface area contributed by atoms with Gasteiger partial charge in [0.25, 0.3) is 21.6 Å². The molecule has 1 heterocycles. The fourth-order valence-corrected chi connectivity index (χ4v) is 4.10. The number of hydrogen-bond acceptors (Lipinski definition) is 8. The van der Waals surface area contributed by atoms with Crippen molar-refractivity contribution >= 4 is 27.3 Å². The number of carbonyl (C=O) groups excluding carboxylic acids is 1. The fraction of sp³-hybridized carbons (Fsp3) is 0.316. The quantitative estimate of drug-likeness (QED) is 0.486. The fourth-order valence-electron chi connectivity index (χ4n) is 3.12. The van der Waals surface area contributed by atoms with Crippen LogP contribution < -0.4 is 15.4 Å². The van der Waals surface area contributed by atoms with Crippen LogP contribution in [0, 0.1) is 10.1 Å². The van der Waals surface area contributed by atoms with Gasteiger partial charge in [-0.1, -0.05) is 12.1 Å². The molecule has 1 amide bonds. The second-order valence-electron chi connectivity index (χ2n) is 6.68. The summed E-state index contributed by atoms with van der Waals surface area (Å²) in [6.07, 6.45) is 0.603. The number of nitrogens with one attached hydrogen (secondary N) is 1. The highest BCUT2D eigenvalue weighted by molar-refractivity contribution is 7.90. The topological polar surface area (TPSA) is 145 Å². The highest BCUT2D eigenvalue weighted by Gasteiger charge is 2.25. The Kier molecular flexibility index (Phi) is 6.65. The standard InChI is InChI=1S/C19H22N4O6S/c20-8-7-14-1-4-16(5-2-14)30(27,28)21-19(24)15-3-6-17(18(13-15)23(25)26)22-9-11-29-12-10-22/h1-6,13H,7-12,20H2,(H,21,24). The van der Waals surface area contributed by atoms with Crippen LogP contribution in [0.2, 0.25) is 0 Å². The van der Waals surface area contributed by atoms with E-state index in [1.54, 1.807) is 17.0 Å². The van der Waals surface area contributed by atoms with Crippen LogP contribution in [-0.4, -0.2) is 52.1 Å². The Morgan fingerprint density at radius 1 is 1.17 bits per heavy atom. The highest BCUT2D eigenvalue weighted by Crippen LogP contribution is 2.30. The third-order valence-corrected chi connectivity index (χ3v) is 6.03. The van der Waals surface area contributed by atoms with E-state index in [0.29, 0.717) is 45.0 Å². The Bertz CT molecular complexity index is 1030. The van der Waals surface area contributed by atoms with Crippen molar-refractivity contribution in [3.63, 3.8) is 0 Å². The number of morpholine rings is 1. The first-order valence-corrected chi connectivity index (χ1v) is 10.8. The van der Waals surface area contributed by atoms with Gasteiger partial charge in [0.2, 0.25) is 0 Å². The number of rotatable bonds is 7. The third-order valence-electron chi connectivity index (χ3n) is 4.68. The number of nitrogens with two attached hydrogens (primary N) is 1. The molecule has 11 heteroatoms. The predicted octanol–water partition coefficient (Wildman–Crippen LogP) is 1.05. The maximum Gasteiger partial charge on any atom is 0.293 e. The number of benzene rings is 2. The first-order valence-electron chi connectivity index (χ1n) is 9.29. The molecule has 0 bridgehead atoms. The van der Waals surface area contributed by atoms with E-state index < -0.39 is 20.9 Å². The minimum Gasteiger partial charge on any atom is -0.378 e. The number of amides is 1. The van der Waals surface area contributed by atoms with Gasteiger partial charge >= 0.3 is 0 Å². The SMILES string of the molecule is NCCc1ccc(S(=O)(=O)NC(=O)c2ccc(N3CCOCC3)c([N+](=O)[O-])c2)cc1. The lowest BCUT2D eigenvalue weighted by Gasteiger charge is -2.28. The van der Waals surface area contributed by atoms with Gasteiger partial charge in [-0.2, -0.15) is 0 Å². The van der Waals surface area contributed by atoms with Gasteiger partial charge in [0.15, 0.2) is 0 Å². The summed E-state index contributed by atoms with van der Waals surface area (Å²) in [4.78, 5) is 25.1. The van der Waals surface area contributed by atoms with Gasteiger partial charge in [-0.15, -0.1) is 0 Å². The Morgan fingerprint density at radius 2 is 1.83 bits per heavy atom. The van der Waals surface area contributed by atoms with E-state index in [4.69, 9.17) is 10.5 Å². The van der Waals surface area contributed by atoms with Crippen LogP contribution in [0.25, 0.3) is 0 Å². The Balaban J connectivity index is 1.82. The van der Waals surface area contributed by atoms with E-state index in [1.807, 2.05) is 4.72 Å². The molecule has 1 fully saturated rings. The molecule has 10 nitrogen and oxygen atoms in total. The smallest absolute Gasteiger partial charge is 0.293 e. The number of nitro groups is 1. The van der Waals surface area contributed by atoms with Crippen molar-refractivity contribution in [3.8, 4) is 0 Å². The molecule has 2 aromatic carbocycles. The zero-order valence-electron chi connectivity index (χ0n) is 16.1. The summed E-state index contributed by atoms with van der Waals surface area (Å²) in [5.74, 6) is -0.947. The van der Waals surface area contributed by atoms with E-state index in [9.17, 15) is 23.3 Å². The monoisotopic (exact) mass is 434 g/mol. The van der Waals surface area contributed by atoms with Crippen molar-refractivity contribution in [2.24, 2.45) is 5.73 Å². The molecule has 3 N–H and O–H groups in total. The summed E-state index contributed by atoms with van der Waals surface area (Å²) < 4.78 is 32.2. The van der Waals surface area contributed by atoms with Crippen molar-refractivity contribution in [1.29, 1.82) is 0 Å². The van der Waals surface area contributed by atoms with Crippen molar-refractivity contribution in [3.05, 3.63) is 63.7 Å². The molecule has 0 saturated carbocycles. The predicted molar refractivity (Wildman–Crippen MR) is 110 cm³/mol. The molecule has 0 unspecified atom stereocenters. The Hall–Kier alpha value is -3.02. The minimum absolute atomic E-state index is 0.0870. The van der Waals surface area contributed by atoms with E-state index in [1.165, 1.54) is 24.3 Å².